The summed E-state index contributed by atoms with van der Waals surface area (Å²) in [7, 11) is -1.21. The molecule has 8 heteroatoms. The number of rotatable bonds is 2. The number of benzene rings is 1. The first-order chi connectivity index (χ1) is 10.4. The fourth-order valence-electron chi connectivity index (χ4n) is 2.58. The minimum atomic E-state index is -2.92. The van der Waals surface area contributed by atoms with E-state index in [2.05, 4.69) is 10.3 Å². The predicted molar refractivity (Wildman–Crippen MR) is 88.1 cm³/mol. The third-order valence-electron chi connectivity index (χ3n) is 3.97. The third kappa shape index (κ3) is 3.22. The number of nitrogens with one attached hydrogen (secondary N) is 1. The van der Waals surface area contributed by atoms with E-state index in [0.717, 1.165) is 10.2 Å². The van der Waals surface area contributed by atoms with Crippen molar-refractivity contribution in [2.24, 2.45) is 0 Å². The molecule has 1 aliphatic heterocycles. The molecule has 0 saturated carbocycles. The fourth-order valence-corrected chi connectivity index (χ4v) is 4.70. The van der Waals surface area contributed by atoms with E-state index < -0.39 is 9.84 Å². The highest BCUT2D eigenvalue weighted by Gasteiger charge is 2.28. The molecule has 3 rings (SSSR count). The van der Waals surface area contributed by atoms with Crippen LogP contribution in [0.25, 0.3) is 10.2 Å². The first-order valence-electron chi connectivity index (χ1n) is 7.02. The zero-order chi connectivity index (χ0) is 15.7. The maximum atomic E-state index is 12.3. The quantitative estimate of drug-likeness (QED) is 0.911. The number of anilines is 1. The zero-order valence-corrected chi connectivity index (χ0v) is 13.8. The zero-order valence-electron chi connectivity index (χ0n) is 12.2. The lowest BCUT2D eigenvalue weighted by atomic mass is 10.1. The molecule has 0 unspecified atom stereocenters. The van der Waals surface area contributed by atoms with Crippen LogP contribution in [0.2, 0.25) is 0 Å². The Balaban J connectivity index is 1.65. The topological polar surface area (TPSA) is 79.4 Å². The summed E-state index contributed by atoms with van der Waals surface area (Å²) in [5, 5.41) is 2.84. The Morgan fingerprint density at radius 3 is 2.82 bits per heavy atom. The van der Waals surface area contributed by atoms with E-state index >= 15 is 0 Å². The smallest absolute Gasteiger partial charge is 0.321 e. The van der Waals surface area contributed by atoms with Crippen molar-refractivity contribution in [2.75, 3.05) is 23.9 Å². The highest BCUT2D eigenvalue weighted by Crippen LogP contribution is 2.22. The summed E-state index contributed by atoms with van der Waals surface area (Å²) >= 11 is 1.55. The standard InChI is InChI=1S/C14H17N3O3S2/c1-17(11-4-6-22(19,20)7-5-11)14(18)16-10-2-3-13-12(8-10)15-9-21-13/h2-3,8-9,11H,4-7H2,1H3,(H,16,18). The Morgan fingerprint density at radius 1 is 1.36 bits per heavy atom. The number of nitrogens with zero attached hydrogens (tertiary/aromatic N) is 2. The molecular weight excluding hydrogens is 322 g/mol. The summed E-state index contributed by atoms with van der Waals surface area (Å²) in [5.74, 6) is 0.306. The lowest BCUT2D eigenvalue weighted by Crippen LogP contribution is -2.44. The van der Waals surface area contributed by atoms with Gasteiger partial charge in [-0.05, 0) is 31.0 Å². The van der Waals surface area contributed by atoms with E-state index in [-0.39, 0.29) is 23.6 Å². The van der Waals surface area contributed by atoms with Crippen molar-refractivity contribution in [3.63, 3.8) is 0 Å². The number of carbonyl (C=O) groups is 1. The minimum Gasteiger partial charge on any atom is -0.325 e. The maximum absolute atomic E-state index is 12.3. The molecule has 1 aromatic carbocycles. The van der Waals surface area contributed by atoms with E-state index in [1.54, 1.807) is 28.8 Å². The van der Waals surface area contributed by atoms with Gasteiger partial charge in [-0.15, -0.1) is 11.3 Å². The summed E-state index contributed by atoms with van der Waals surface area (Å²) in [6.45, 7) is 0. The van der Waals surface area contributed by atoms with Crippen LogP contribution >= 0.6 is 11.3 Å². The second-order valence-corrected chi connectivity index (χ2v) is 8.65. The van der Waals surface area contributed by atoms with Gasteiger partial charge in [-0.2, -0.15) is 0 Å². The lowest BCUT2D eigenvalue weighted by Gasteiger charge is -2.31. The number of hydrogen-bond acceptors (Lipinski definition) is 5. The van der Waals surface area contributed by atoms with Crippen LogP contribution < -0.4 is 5.32 Å². The molecule has 1 aliphatic rings. The van der Waals surface area contributed by atoms with Gasteiger partial charge in [0.15, 0.2) is 0 Å². The van der Waals surface area contributed by atoms with Crippen molar-refractivity contribution in [2.45, 2.75) is 18.9 Å². The molecule has 1 fully saturated rings. The van der Waals surface area contributed by atoms with Gasteiger partial charge in [0.1, 0.15) is 9.84 Å². The number of carbonyl (C=O) groups excluding carboxylic acids is 1. The Morgan fingerprint density at radius 2 is 2.09 bits per heavy atom. The molecule has 0 radical (unpaired) electrons. The summed E-state index contributed by atoms with van der Waals surface area (Å²) < 4.78 is 24.0. The van der Waals surface area contributed by atoms with E-state index in [0.29, 0.717) is 18.5 Å². The molecule has 1 aromatic heterocycles. The molecule has 2 heterocycles. The molecule has 0 bridgehead atoms. The van der Waals surface area contributed by atoms with Crippen molar-refractivity contribution < 1.29 is 13.2 Å². The molecule has 2 aromatic rings. The van der Waals surface area contributed by atoms with Crippen molar-refractivity contribution in [3.05, 3.63) is 23.7 Å². The van der Waals surface area contributed by atoms with Gasteiger partial charge < -0.3 is 10.2 Å². The van der Waals surface area contributed by atoms with Crippen LogP contribution in [0.3, 0.4) is 0 Å². The molecule has 0 spiro atoms. The van der Waals surface area contributed by atoms with Crippen LogP contribution in [-0.4, -0.2) is 48.9 Å². The average Bonchev–Trinajstić information content (AvgIpc) is 2.94. The minimum absolute atomic E-state index is 0.0356. The number of amides is 2. The molecule has 1 saturated heterocycles. The van der Waals surface area contributed by atoms with E-state index in [1.807, 2.05) is 18.2 Å². The highest BCUT2D eigenvalue weighted by molar-refractivity contribution is 7.91. The summed E-state index contributed by atoms with van der Waals surface area (Å²) in [6, 6.07) is 5.35. The number of hydrogen-bond donors (Lipinski definition) is 1. The molecule has 0 aliphatic carbocycles. The van der Waals surface area contributed by atoms with E-state index in [1.165, 1.54) is 0 Å². The first-order valence-corrected chi connectivity index (χ1v) is 9.72. The van der Waals surface area contributed by atoms with Crippen molar-refractivity contribution in [1.29, 1.82) is 0 Å². The second kappa shape index (κ2) is 5.85. The van der Waals surface area contributed by atoms with Crippen LogP contribution in [0.1, 0.15) is 12.8 Å². The fraction of sp³-hybridized carbons (Fsp3) is 0.429. The Hall–Kier alpha value is -1.67. The highest BCUT2D eigenvalue weighted by atomic mass is 32.2. The van der Waals surface area contributed by atoms with Crippen LogP contribution in [0, 0.1) is 0 Å². The number of sulfone groups is 1. The van der Waals surface area contributed by atoms with Crippen molar-refractivity contribution >= 4 is 43.1 Å². The molecule has 6 nitrogen and oxygen atoms in total. The van der Waals surface area contributed by atoms with E-state index in [4.69, 9.17) is 0 Å². The third-order valence-corrected chi connectivity index (χ3v) is 6.50. The van der Waals surface area contributed by atoms with Crippen LogP contribution in [0.5, 0.6) is 0 Å². The van der Waals surface area contributed by atoms with Gasteiger partial charge >= 0.3 is 6.03 Å². The Bertz CT molecular complexity index is 787. The van der Waals surface area contributed by atoms with Crippen LogP contribution in [0.4, 0.5) is 10.5 Å². The number of fused-ring (bicyclic) bond motifs is 1. The van der Waals surface area contributed by atoms with Gasteiger partial charge in [0.05, 0.1) is 27.2 Å². The second-order valence-electron chi connectivity index (χ2n) is 5.46. The van der Waals surface area contributed by atoms with Gasteiger partial charge in [0.2, 0.25) is 0 Å². The van der Waals surface area contributed by atoms with Gasteiger partial charge in [0.25, 0.3) is 0 Å². The predicted octanol–water partition coefficient (Wildman–Crippen LogP) is 2.34. The van der Waals surface area contributed by atoms with Crippen LogP contribution in [-0.2, 0) is 9.84 Å². The molecule has 0 atom stereocenters. The average molecular weight is 339 g/mol. The van der Waals surface area contributed by atoms with Gasteiger partial charge in [-0.25, -0.2) is 18.2 Å². The summed E-state index contributed by atoms with van der Waals surface area (Å²) in [4.78, 5) is 18.1. The SMILES string of the molecule is CN(C(=O)Nc1ccc2scnc2c1)C1CCS(=O)(=O)CC1. The summed E-state index contributed by atoms with van der Waals surface area (Å²) in [5.41, 5.74) is 3.32. The van der Waals surface area contributed by atoms with Gasteiger partial charge in [0, 0.05) is 18.8 Å². The van der Waals surface area contributed by atoms with Crippen LogP contribution in [0.15, 0.2) is 23.7 Å². The molecule has 22 heavy (non-hydrogen) atoms. The Labute approximate surface area is 133 Å². The molecule has 2 amide bonds. The van der Waals surface area contributed by atoms with E-state index in [9.17, 15) is 13.2 Å². The van der Waals surface area contributed by atoms with Crippen molar-refractivity contribution in [3.8, 4) is 0 Å². The molecule has 1 N–H and O–H groups in total. The van der Waals surface area contributed by atoms with Gasteiger partial charge in [-0.3, -0.25) is 0 Å². The normalized spacial score (nSPS) is 18.2. The van der Waals surface area contributed by atoms with Crippen molar-refractivity contribution in [1.82, 2.24) is 9.88 Å². The Kier molecular flexibility index (Phi) is 4.05. The summed E-state index contributed by atoms with van der Waals surface area (Å²) in [6.07, 6.45) is 0.995. The lowest BCUT2D eigenvalue weighted by molar-refractivity contribution is 0.199. The monoisotopic (exact) mass is 339 g/mol. The first kappa shape index (κ1) is 15.2. The maximum Gasteiger partial charge on any atom is 0.321 e. The number of aromatic nitrogens is 1. The molecule has 118 valence electrons. The number of urea groups is 1. The van der Waals surface area contributed by atoms with Gasteiger partial charge in [-0.1, -0.05) is 0 Å². The molecular formula is C14H17N3O3S2. The number of thiazole rings is 1. The largest absolute Gasteiger partial charge is 0.325 e.